The highest BCUT2D eigenvalue weighted by Crippen LogP contribution is 2.14. The van der Waals surface area contributed by atoms with Crippen molar-refractivity contribution in [2.24, 2.45) is 5.92 Å². The van der Waals surface area contributed by atoms with Crippen LogP contribution in [0.25, 0.3) is 0 Å². The lowest BCUT2D eigenvalue weighted by Crippen LogP contribution is -2.41. The van der Waals surface area contributed by atoms with Gasteiger partial charge in [-0.1, -0.05) is 19.1 Å². The van der Waals surface area contributed by atoms with E-state index in [4.69, 9.17) is 4.74 Å². The van der Waals surface area contributed by atoms with E-state index in [9.17, 15) is 0 Å². The maximum Gasteiger partial charge on any atom is 0.0729 e. The fraction of sp³-hybridized carbons (Fsp3) is 0.800. The van der Waals surface area contributed by atoms with Gasteiger partial charge >= 0.3 is 0 Å². The first kappa shape index (κ1) is 9.75. The third-order valence-corrected chi connectivity index (χ3v) is 2.40. The number of hydrogen-bond donors (Lipinski definition) is 1. The minimum Gasteiger partial charge on any atom is -0.373 e. The summed E-state index contributed by atoms with van der Waals surface area (Å²) in [5.41, 5.74) is 0. The fourth-order valence-corrected chi connectivity index (χ4v) is 1.46. The summed E-state index contributed by atoms with van der Waals surface area (Å²) in [4.78, 5) is 0. The van der Waals surface area contributed by atoms with Crippen molar-refractivity contribution in [3.8, 4) is 0 Å². The molecule has 0 aromatic heterocycles. The molecule has 0 saturated carbocycles. The van der Waals surface area contributed by atoms with Crippen LogP contribution in [0.1, 0.15) is 20.3 Å². The normalized spacial score (nSPS) is 31.2. The van der Waals surface area contributed by atoms with Crippen LogP contribution in [-0.2, 0) is 4.74 Å². The molecule has 2 heteroatoms. The van der Waals surface area contributed by atoms with Crippen LogP contribution in [0.2, 0.25) is 0 Å². The van der Waals surface area contributed by atoms with Crippen LogP contribution in [0, 0.1) is 5.92 Å². The van der Waals surface area contributed by atoms with Crippen molar-refractivity contribution in [2.75, 3.05) is 19.7 Å². The van der Waals surface area contributed by atoms with Crippen LogP contribution in [0.4, 0.5) is 0 Å². The lowest BCUT2D eigenvalue weighted by Gasteiger charge is -2.29. The minimum atomic E-state index is 0.412. The lowest BCUT2D eigenvalue weighted by molar-refractivity contribution is 0.0199. The molecule has 0 aliphatic carbocycles. The second-order valence-corrected chi connectivity index (χ2v) is 3.41. The van der Waals surface area contributed by atoms with Crippen molar-refractivity contribution in [1.29, 1.82) is 0 Å². The van der Waals surface area contributed by atoms with E-state index in [0.717, 1.165) is 19.7 Å². The van der Waals surface area contributed by atoms with E-state index in [1.807, 2.05) is 13.0 Å². The molecular formula is C10H19NO. The maximum absolute atomic E-state index is 5.69. The van der Waals surface area contributed by atoms with Gasteiger partial charge in [0, 0.05) is 6.54 Å². The molecule has 0 radical (unpaired) electrons. The molecule has 1 N–H and O–H groups in total. The molecular weight excluding hydrogens is 150 g/mol. The van der Waals surface area contributed by atoms with Gasteiger partial charge in [0.1, 0.15) is 0 Å². The first-order chi connectivity index (χ1) is 5.84. The quantitative estimate of drug-likeness (QED) is 0.648. The molecule has 1 heterocycles. The van der Waals surface area contributed by atoms with Crippen LogP contribution in [0.3, 0.4) is 0 Å². The summed E-state index contributed by atoms with van der Waals surface area (Å²) in [6, 6.07) is 0. The zero-order valence-corrected chi connectivity index (χ0v) is 8.05. The predicted octanol–water partition coefficient (Wildman–Crippen LogP) is 1.58. The van der Waals surface area contributed by atoms with Gasteiger partial charge in [0.25, 0.3) is 0 Å². The van der Waals surface area contributed by atoms with Crippen LogP contribution in [0.5, 0.6) is 0 Å². The van der Waals surface area contributed by atoms with E-state index in [0.29, 0.717) is 12.0 Å². The number of allylic oxidation sites excluding steroid dienone is 1. The molecule has 12 heavy (non-hydrogen) atoms. The van der Waals surface area contributed by atoms with E-state index < -0.39 is 0 Å². The van der Waals surface area contributed by atoms with Gasteiger partial charge in [0.05, 0.1) is 12.7 Å². The summed E-state index contributed by atoms with van der Waals surface area (Å²) >= 11 is 0. The summed E-state index contributed by atoms with van der Waals surface area (Å²) in [5, 5.41) is 3.34. The first-order valence-electron chi connectivity index (χ1n) is 4.78. The molecule has 0 bridgehead atoms. The minimum absolute atomic E-state index is 0.412. The van der Waals surface area contributed by atoms with Gasteiger partial charge in [0.15, 0.2) is 0 Å². The van der Waals surface area contributed by atoms with E-state index in [1.165, 1.54) is 6.42 Å². The summed E-state index contributed by atoms with van der Waals surface area (Å²) in [6.07, 6.45) is 5.73. The van der Waals surface area contributed by atoms with Gasteiger partial charge in [-0.3, -0.25) is 0 Å². The van der Waals surface area contributed by atoms with Crippen molar-refractivity contribution in [2.45, 2.75) is 26.4 Å². The third kappa shape index (κ3) is 2.95. The van der Waals surface area contributed by atoms with Crippen LogP contribution >= 0.6 is 0 Å². The zero-order chi connectivity index (χ0) is 8.81. The van der Waals surface area contributed by atoms with Gasteiger partial charge in [-0.15, -0.1) is 0 Å². The number of rotatable bonds is 3. The number of hydrogen-bond acceptors (Lipinski definition) is 2. The van der Waals surface area contributed by atoms with Gasteiger partial charge < -0.3 is 10.1 Å². The summed E-state index contributed by atoms with van der Waals surface area (Å²) < 4.78 is 5.69. The average molecular weight is 169 g/mol. The molecule has 2 nitrogen and oxygen atoms in total. The van der Waals surface area contributed by atoms with Gasteiger partial charge in [0.2, 0.25) is 0 Å². The Hall–Kier alpha value is -0.340. The molecule has 1 rings (SSSR count). The van der Waals surface area contributed by atoms with Crippen LogP contribution in [0.15, 0.2) is 12.2 Å². The first-order valence-corrected chi connectivity index (χ1v) is 4.78. The van der Waals surface area contributed by atoms with Crippen molar-refractivity contribution in [3.05, 3.63) is 12.2 Å². The molecule has 1 saturated heterocycles. The number of ether oxygens (including phenoxy) is 1. The van der Waals surface area contributed by atoms with E-state index in [-0.39, 0.29) is 0 Å². The van der Waals surface area contributed by atoms with Gasteiger partial charge in [-0.05, 0) is 25.8 Å². The van der Waals surface area contributed by atoms with Crippen LogP contribution in [-0.4, -0.2) is 25.8 Å². The molecule has 2 atom stereocenters. The Morgan fingerprint density at radius 2 is 2.42 bits per heavy atom. The largest absolute Gasteiger partial charge is 0.373 e. The van der Waals surface area contributed by atoms with Crippen LogP contribution < -0.4 is 5.32 Å². The Kier molecular flexibility index (Phi) is 4.33. The van der Waals surface area contributed by atoms with Gasteiger partial charge in [-0.25, -0.2) is 0 Å². The fourth-order valence-electron chi connectivity index (χ4n) is 1.46. The van der Waals surface area contributed by atoms with Crippen molar-refractivity contribution in [1.82, 2.24) is 5.32 Å². The van der Waals surface area contributed by atoms with Crippen molar-refractivity contribution < 1.29 is 4.74 Å². The molecule has 0 spiro atoms. The molecule has 1 aliphatic heterocycles. The summed E-state index contributed by atoms with van der Waals surface area (Å²) in [7, 11) is 0. The molecule has 70 valence electrons. The Balaban J connectivity index is 2.20. The molecule has 0 aromatic carbocycles. The predicted molar refractivity (Wildman–Crippen MR) is 51.2 cm³/mol. The smallest absolute Gasteiger partial charge is 0.0729 e. The number of nitrogens with one attached hydrogen (secondary N) is 1. The third-order valence-electron chi connectivity index (χ3n) is 2.40. The van der Waals surface area contributed by atoms with Crippen molar-refractivity contribution >= 4 is 0 Å². The van der Waals surface area contributed by atoms with E-state index >= 15 is 0 Å². The Labute approximate surface area is 75.0 Å². The lowest BCUT2D eigenvalue weighted by atomic mass is 9.97. The molecule has 1 fully saturated rings. The topological polar surface area (TPSA) is 21.3 Å². The Morgan fingerprint density at radius 1 is 1.58 bits per heavy atom. The Bertz CT molecular complexity index is 145. The molecule has 0 amide bonds. The summed E-state index contributed by atoms with van der Waals surface area (Å²) in [5.74, 6) is 0.705. The standard InChI is InChI=1S/C10H19NO/c1-3-4-7-12-10-8-11-6-5-9(10)2/h3-4,9-11H,5-8H2,1-2H3/b4-3+. The number of piperidine rings is 1. The second-order valence-electron chi connectivity index (χ2n) is 3.41. The maximum atomic E-state index is 5.69. The highest BCUT2D eigenvalue weighted by Gasteiger charge is 2.20. The van der Waals surface area contributed by atoms with Gasteiger partial charge in [-0.2, -0.15) is 0 Å². The Morgan fingerprint density at radius 3 is 3.08 bits per heavy atom. The molecule has 2 unspecified atom stereocenters. The molecule has 0 aromatic rings. The molecule has 1 aliphatic rings. The second kappa shape index (κ2) is 5.33. The highest BCUT2D eigenvalue weighted by atomic mass is 16.5. The van der Waals surface area contributed by atoms with Crippen molar-refractivity contribution in [3.63, 3.8) is 0 Å². The average Bonchev–Trinajstić information content (AvgIpc) is 2.09. The van der Waals surface area contributed by atoms with E-state index in [1.54, 1.807) is 0 Å². The SMILES string of the molecule is C/C=C/COC1CNCCC1C. The summed E-state index contributed by atoms with van der Waals surface area (Å²) in [6.45, 7) is 7.20. The zero-order valence-electron chi connectivity index (χ0n) is 8.05. The van der Waals surface area contributed by atoms with E-state index in [2.05, 4.69) is 18.3 Å². The monoisotopic (exact) mass is 169 g/mol. The highest BCUT2D eigenvalue weighted by molar-refractivity contribution is 4.80.